The molecule has 10 heteroatoms. The van der Waals surface area contributed by atoms with Crippen LogP contribution in [0.25, 0.3) is 0 Å². The monoisotopic (exact) mass is 363 g/mol. The van der Waals surface area contributed by atoms with Crippen molar-refractivity contribution in [1.82, 2.24) is 35.2 Å². The zero-order chi connectivity index (χ0) is 18.9. The largest absolute Gasteiger partial charge is 0.383 e. The van der Waals surface area contributed by atoms with Gasteiger partial charge in [0.25, 0.3) is 5.91 Å². The Morgan fingerprint density at radius 2 is 2.15 bits per heavy atom. The Kier molecular flexibility index (Phi) is 5.05. The summed E-state index contributed by atoms with van der Waals surface area (Å²) in [5.41, 5.74) is 0.699. The first-order chi connectivity index (χ1) is 12.4. The second-order valence-electron chi connectivity index (χ2n) is 6.82. The number of carbonyl (C=O) groups excluding carboxylic acids is 1. The molecule has 1 fully saturated rings. The van der Waals surface area contributed by atoms with Crippen LogP contribution in [0.5, 0.6) is 0 Å². The van der Waals surface area contributed by atoms with Gasteiger partial charge in [-0.1, -0.05) is 5.16 Å². The van der Waals surface area contributed by atoms with Gasteiger partial charge in [-0.15, -0.1) is 5.10 Å². The van der Waals surface area contributed by atoms with E-state index in [1.165, 1.54) is 0 Å². The van der Waals surface area contributed by atoms with E-state index in [2.05, 4.69) is 25.6 Å². The Hall–Kier alpha value is -2.33. The number of rotatable bonds is 6. The van der Waals surface area contributed by atoms with Crippen molar-refractivity contribution in [3.05, 3.63) is 22.8 Å². The van der Waals surface area contributed by atoms with Crippen molar-refractivity contribution < 1.29 is 14.1 Å². The normalized spacial score (nSPS) is 20.3. The predicted octanol–water partition coefficient (Wildman–Crippen LogP) is 0.227. The van der Waals surface area contributed by atoms with E-state index >= 15 is 0 Å². The fourth-order valence-electron chi connectivity index (χ4n) is 3.53. The Morgan fingerprint density at radius 1 is 1.38 bits per heavy atom. The van der Waals surface area contributed by atoms with Gasteiger partial charge in [-0.25, -0.2) is 4.68 Å². The number of ether oxygens (including phenoxy) is 1. The van der Waals surface area contributed by atoms with Crippen molar-refractivity contribution in [2.24, 2.45) is 0 Å². The molecule has 1 unspecified atom stereocenters. The lowest BCUT2D eigenvalue weighted by molar-refractivity contribution is 0.0734. The molecule has 2 aromatic heterocycles. The zero-order valence-corrected chi connectivity index (χ0v) is 15.9. The lowest BCUT2D eigenvalue weighted by Gasteiger charge is -2.34. The molecule has 1 saturated heterocycles. The summed E-state index contributed by atoms with van der Waals surface area (Å²) in [4.78, 5) is 16.9. The average Bonchev–Trinajstić information content (AvgIpc) is 3.31. The Bertz CT molecular complexity index is 765. The molecule has 10 nitrogen and oxygen atoms in total. The van der Waals surface area contributed by atoms with Gasteiger partial charge in [0.1, 0.15) is 16.9 Å². The smallest absolute Gasteiger partial charge is 0.259 e. The highest BCUT2D eigenvalue weighted by Gasteiger charge is 2.47. The maximum atomic E-state index is 13.0. The molecule has 3 rings (SSSR count). The summed E-state index contributed by atoms with van der Waals surface area (Å²) >= 11 is 0. The molecule has 1 aliphatic rings. The Morgan fingerprint density at radius 3 is 2.77 bits per heavy atom. The van der Waals surface area contributed by atoms with Crippen LogP contribution in [-0.4, -0.2) is 82.0 Å². The van der Waals surface area contributed by atoms with Crippen LogP contribution in [0.4, 0.5) is 0 Å². The fraction of sp³-hybridized carbons (Fsp3) is 0.688. The van der Waals surface area contributed by atoms with E-state index in [4.69, 9.17) is 9.26 Å². The van der Waals surface area contributed by atoms with E-state index in [1.807, 2.05) is 19.0 Å². The van der Waals surface area contributed by atoms with E-state index in [-0.39, 0.29) is 5.91 Å². The third-order valence-electron chi connectivity index (χ3n) is 5.09. The highest BCUT2D eigenvalue weighted by atomic mass is 16.5. The molecule has 142 valence electrons. The maximum absolute atomic E-state index is 13.0. The summed E-state index contributed by atoms with van der Waals surface area (Å²) in [7, 11) is 5.61. The first kappa shape index (κ1) is 18.5. The predicted molar refractivity (Wildman–Crippen MR) is 91.6 cm³/mol. The second-order valence-corrected chi connectivity index (χ2v) is 6.82. The third kappa shape index (κ3) is 2.99. The van der Waals surface area contributed by atoms with E-state index < -0.39 is 5.54 Å². The van der Waals surface area contributed by atoms with Gasteiger partial charge in [0.15, 0.2) is 5.82 Å². The van der Waals surface area contributed by atoms with Crippen molar-refractivity contribution in [1.29, 1.82) is 0 Å². The molecule has 1 atom stereocenters. The van der Waals surface area contributed by atoms with Gasteiger partial charge in [0.05, 0.1) is 18.8 Å². The van der Waals surface area contributed by atoms with Gasteiger partial charge < -0.3 is 14.2 Å². The number of nitrogens with zero attached hydrogens (tertiary/aromatic N) is 7. The van der Waals surface area contributed by atoms with Gasteiger partial charge in [0.2, 0.25) is 0 Å². The van der Waals surface area contributed by atoms with E-state index in [0.717, 1.165) is 12.2 Å². The van der Waals surface area contributed by atoms with Crippen molar-refractivity contribution >= 4 is 5.91 Å². The molecular weight excluding hydrogens is 338 g/mol. The molecule has 26 heavy (non-hydrogen) atoms. The number of tetrazole rings is 1. The first-order valence-electron chi connectivity index (χ1n) is 8.56. The minimum absolute atomic E-state index is 0.0686. The molecular formula is C16H25N7O3. The molecule has 0 aromatic carbocycles. The van der Waals surface area contributed by atoms with Crippen molar-refractivity contribution in [3.63, 3.8) is 0 Å². The van der Waals surface area contributed by atoms with Crippen LogP contribution in [0.1, 0.15) is 34.1 Å². The molecule has 0 saturated carbocycles. The number of amides is 1. The summed E-state index contributed by atoms with van der Waals surface area (Å²) in [6, 6.07) is 0. The molecule has 0 spiro atoms. The summed E-state index contributed by atoms with van der Waals surface area (Å²) < 4.78 is 12.1. The standard InChI is InChI=1S/C16H25N7O3/c1-11-13(12(2)26-18-11)14(24)22-7-6-16(10-22,21(3)4)15-17-19-20-23(15)8-9-25-5/h6-10H2,1-5H3. The van der Waals surface area contributed by atoms with Crippen LogP contribution < -0.4 is 0 Å². The molecule has 2 aromatic rings. The zero-order valence-electron chi connectivity index (χ0n) is 15.9. The summed E-state index contributed by atoms with van der Waals surface area (Å²) in [5.74, 6) is 1.22. The van der Waals surface area contributed by atoms with Crippen molar-refractivity contribution in [3.8, 4) is 0 Å². The number of carbonyl (C=O) groups is 1. The van der Waals surface area contributed by atoms with Crippen molar-refractivity contribution in [2.45, 2.75) is 32.4 Å². The molecule has 1 amide bonds. The molecule has 1 aliphatic heterocycles. The van der Waals surface area contributed by atoms with Gasteiger partial charge >= 0.3 is 0 Å². The van der Waals surface area contributed by atoms with Crippen LogP contribution in [0.2, 0.25) is 0 Å². The van der Waals surface area contributed by atoms with Crippen LogP contribution in [0, 0.1) is 13.8 Å². The molecule has 0 aliphatic carbocycles. The molecule has 3 heterocycles. The number of aromatic nitrogens is 5. The topological polar surface area (TPSA) is 102 Å². The number of hydrogen-bond donors (Lipinski definition) is 0. The fourth-order valence-corrected chi connectivity index (χ4v) is 3.53. The van der Waals surface area contributed by atoms with Crippen LogP contribution >= 0.6 is 0 Å². The average molecular weight is 363 g/mol. The molecule has 0 N–H and O–H groups in total. The Balaban J connectivity index is 1.89. The number of methoxy groups -OCH3 is 1. The van der Waals surface area contributed by atoms with E-state index in [1.54, 1.807) is 25.6 Å². The SMILES string of the molecule is COCCn1nnnc1C1(N(C)C)CCN(C(=O)c2c(C)noc2C)C1. The van der Waals surface area contributed by atoms with Gasteiger partial charge in [0, 0.05) is 20.2 Å². The first-order valence-corrected chi connectivity index (χ1v) is 8.56. The minimum Gasteiger partial charge on any atom is -0.383 e. The Labute approximate surface area is 152 Å². The lowest BCUT2D eigenvalue weighted by atomic mass is 9.96. The third-order valence-corrected chi connectivity index (χ3v) is 5.09. The second kappa shape index (κ2) is 7.12. The van der Waals surface area contributed by atoms with Crippen molar-refractivity contribution in [2.75, 3.05) is 40.9 Å². The highest BCUT2D eigenvalue weighted by Crippen LogP contribution is 2.36. The number of aryl methyl sites for hydroxylation is 2. The summed E-state index contributed by atoms with van der Waals surface area (Å²) in [6.45, 7) is 5.72. The van der Waals surface area contributed by atoms with E-state index in [0.29, 0.717) is 43.3 Å². The number of hydrogen-bond acceptors (Lipinski definition) is 8. The maximum Gasteiger partial charge on any atom is 0.259 e. The van der Waals surface area contributed by atoms with Crippen LogP contribution in [0.3, 0.4) is 0 Å². The lowest BCUT2D eigenvalue weighted by Crippen LogP contribution is -2.47. The van der Waals surface area contributed by atoms with Gasteiger partial charge in [-0.2, -0.15) is 0 Å². The van der Waals surface area contributed by atoms with Crippen LogP contribution in [-0.2, 0) is 16.8 Å². The van der Waals surface area contributed by atoms with Gasteiger partial charge in [-0.05, 0) is 44.8 Å². The van der Waals surface area contributed by atoms with Gasteiger partial charge in [-0.3, -0.25) is 9.69 Å². The summed E-state index contributed by atoms with van der Waals surface area (Å²) in [5, 5.41) is 16.1. The summed E-state index contributed by atoms with van der Waals surface area (Å²) in [6.07, 6.45) is 0.739. The molecule has 0 radical (unpaired) electrons. The highest BCUT2D eigenvalue weighted by molar-refractivity contribution is 5.96. The number of likely N-dealkylation sites (N-methyl/N-ethyl adjacent to an activating group) is 1. The minimum atomic E-state index is -0.453. The molecule has 0 bridgehead atoms. The van der Waals surface area contributed by atoms with E-state index in [9.17, 15) is 4.79 Å². The number of likely N-dealkylation sites (tertiary alicyclic amines) is 1. The van der Waals surface area contributed by atoms with Crippen LogP contribution in [0.15, 0.2) is 4.52 Å². The quantitative estimate of drug-likeness (QED) is 0.718.